The zero-order valence-electron chi connectivity index (χ0n) is 11.6. The Kier molecular flexibility index (Phi) is 2.58. The number of nitrogens with one attached hydrogen (secondary N) is 1. The lowest BCUT2D eigenvalue weighted by Gasteiger charge is -2.33. The summed E-state index contributed by atoms with van der Waals surface area (Å²) < 4.78 is 4.73. The molecule has 0 aromatic heterocycles. The van der Waals surface area contributed by atoms with Crippen LogP contribution in [0.4, 0.5) is 0 Å². The molecule has 4 heteroatoms. The summed E-state index contributed by atoms with van der Waals surface area (Å²) in [5.74, 6) is 2.62. The van der Waals surface area contributed by atoms with Gasteiger partial charge in [0, 0.05) is 40.9 Å². The lowest BCUT2D eigenvalue weighted by atomic mass is 9.89. The molecule has 0 aromatic rings. The summed E-state index contributed by atoms with van der Waals surface area (Å²) in [5.41, 5.74) is 5.24. The number of fused-ring (bicyclic) bond motifs is 3. The molecule has 3 heterocycles. The van der Waals surface area contributed by atoms with Gasteiger partial charge in [0.1, 0.15) is 11.2 Å². The van der Waals surface area contributed by atoms with E-state index >= 15 is 0 Å². The van der Waals surface area contributed by atoms with Gasteiger partial charge in [-0.1, -0.05) is 18.2 Å². The van der Waals surface area contributed by atoms with Gasteiger partial charge in [0.15, 0.2) is 0 Å². The van der Waals surface area contributed by atoms with Crippen molar-refractivity contribution < 1.29 is 0 Å². The van der Waals surface area contributed by atoms with Gasteiger partial charge < -0.3 is 10.3 Å². The number of hydrogen-bond donors (Lipinski definition) is 1. The van der Waals surface area contributed by atoms with Gasteiger partial charge in [-0.3, -0.25) is 0 Å². The Hall–Kier alpha value is -1.55. The van der Waals surface area contributed by atoms with E-state index < -0.39 is 0 Å². The Balaban J connectivity index is 1.96. The maximum absolute atomic E-state index is 7.27. The molecule has 3 nitrogen and oxygen atoms in total. The van der Waals surface area contributed by atoms with E-state index in [2.05, 4.69) is 37.0 Å². The van der Waals surface area contributed by atoms with Gasteiger partial charge >= 0.3 is 0 Å². The van der Waals surface area contributed by atoms with Gasteiger partial charge in [0.05, 0.1) is 0 Å². The Morgan fingerprint density at radius 2 is 2.10 bits per heavy atom. The summed E-state index contributed by atoms with van der Waals surface area (Å²) in [7, 11) is 0. The summed E-state index contributed by atoms with van der Waals surface area (Å²) in [4.78, 5) is 2.45. The fourth-order valence-corrected chi connectivity index (χ4v) is 4.85. The van der Waals surface area contributed by atoms with Crippen molar-refractivity contribution in [1.82, 2.24) is 4.90 Å². The van der Waals surface area contributed by atoms with E-state index in [1.165, 1.54) is 35.1 Å². The molecule has 3 unspecified atom stereocenters. The Morgan fingerprint density at radius 1 is 1.30 bits per heavy atom. The highest BCUT2D eigenvalue weighted by molar-refractivity contribution is 7.99. The predicted molar refractivity (Wildman–Crippen MR) is 84.7 cm³/mol. The molecule has 0 aromatic carbocycles. The van der Waals surface area contributed by atoms with E-state index in [4.69, 9.17) is 9.81 Å². The van der Waals surface area contributed by atoms with Crippen molar-refractivity contribution in [2.24, 2.45) is 16.2 Å². The molecule has 4 aliphatic rings. The molecule has 0 spiro atoms. The van der Waals surface area contributed by atoms with Crippen molar-refractivity contribution in [3.8, 4) is 0 Å². The summed E-state index contributed by atoms with van der Waals surface area (Å²) >= 11 is 1.74. The standard InChI is InChI=1S/C16H17N3S/c1-3-9-10(4-2)15-18-20-16-13-8-12(13)14(19(15)16)11(9)6-5-7-17/h3-7,12-13,16-17H,8H2,1-2H3/b6-5-,9-3+,10-4+,17-7?. The number of allylic oxidation sites excluding steroid dienone is 6. The third-order valence-electron chi connectivity index (χ3n) is 4.58. The van der Waals surface area contributed by atoms with E-state index in [9.17, 15) is 0 Å². The quantitative estimate of drug-likeness (QED) is 0.620. The van der Waals surface area contributed by atoms with Gasteiger partial charge in [-0.05, 0) is 37.8 Å². The molecule has 1 N–H and O–H groups in total. The number of piperidine rings is 1. The predicted octanol–water partition coefficient (Wildman–Crippen LogP) is 3.69. The van der Waals surface area contributed by atoms with Crippen LogP contribution in [0, 0.1) is 17.2 Å². The highest BCUT2D eigenvalue weighted by Gasteiger charge is 2.61. The molecule has 1 saturated heterocycles. The first-order chi connectivity index (χ1) is 9.81. The molecule has 0 amide bonds. The second kappa shape index (κ2) is 4.22. The molecular weight excluding hydrogens is 266 g/mol. The molecule has 2 fully saturated rings. The minimum atomic E-state index is 0.515. The third-order valence-corrected chi connectivity index (χ3v) is 5.64. The van der Waals surface area contributed by atoms with Crippen LogP contribution >= 0.6 is 11.9 Å². The fraction of sp³-hybridized carbons (Fsp3) is 0.375. The van der Waals surface area contributed by atoms with Crippen molar-refractivity contribution >= 4 is 24.0 Å². The van der Waals surface area contributed by atoms with E-state index in [1.54, 1.807) is 11.9 Å². The molecule has 20 heavy (non-hydrogen) atoms. The zero-order chi connectivity index (χ0) is 13.9. The molecule has 4 rings (SSSR count). The molecular formula is C16H17N3S. The minimum absolute atomic E-state index is 0.515. The van der Waals surface area contributed by atoms with Crippen LogP contribution in [0.25, 0.3) is 0 Å². The van der Waals surface area contributed by atoms with Gasteiger partial charge in [-0.2, -0.15) is 4.40 Å². The Bertz CT molecular complexity index is 651. The molecule has 0 radical (unpaired) electrons. The van der Waals surface area contributed by atoms with Gasteiger partial charge in [-0.15, -0.1) is 0 Å². The smallest absolute Gasteiger partial charge is 0.149 e. The van der Waals surface area contributed by atoms with Crippen LogP contribution in [0.3, 0.4) is 0 Å². The first kappa shape index (κ1) is 12.2. The van der Waals surface area contributed by atoms with Crippen molar-refractivity contribution in [2.75, 3.05) is 0 Å². The average molecular weight is 283 g/mol. The Labute approximate surface area is 123 Å². The molecule has 0 bridgehead atoms. The molecule has 3 aliphatic heterocycles. The highest BCUT2D eigenvalue weighted by Crippen LogP contribution is 2.64. The second-order valence-corrected chi connectivity index (χ2v) is 6.39. The molecule has 1 saturated carbocycles. The van der Waals surface area contributed by atoms with Crippen LogP contribution in [0.15, 0.2) is 51.1 Å². The zero-order valence-corrected chi connectivity index (χ0v) is 12.4. The number of rotatable bonds is 2. The van der Waals surface area contributed by atoms with Gasteiger partial charge in [0.2, 0.25) is 0 Å². The number of amidine groups is 1. The van der Waals surface area contributed by atoms with E-state index in [-0.39, 0.29) is 0 Å². The van der Waals surface area contributed by atoms with Crippen LogP contribution in [0.1, 0.15) is 20.3 Å². The van der Waals surface area contributed by atoms with Crippen molar-refractivity contribution in [3.63, 3.8) is 0 Å². The lowest BCUT2D eigenvalue weighted by Crippen LogP contribution is -2.36. The minimum Gasteiger partial charge on any atom is -0.314 e. The monoisotopic (exact) mass is 283 g/mol. The molecule has 3 atom stereocenters. The number of hydrogen-bond acceptors (Lipinski definition) is 4. The second-order valence-electron chi connectivity index (χ2n) is 5.52. The Morgan fingerprint density at radius 3 is 2.80 bits per heavy atom. The largest absolute Gasteiger partial charge is 0.314 e. The normalized spacial score (nSPS) is 37.8. The maximum Gasteiger partial charge on any atom is 0.149 e. The first-order valence-corrected chi connectivity index (χ1v) is 7.93. The highest BCUT2D eigenvalue weighted by atomic mass is 32.2. The molecule has 102 valence electrons. The van der Waals surface area contributed by atoms with Crippen molar-refractivity contribution in [3.05, 3.63) is 46.7 Å². The maximum atomic E-state index is 7.27. The average Bonchev–Trinajstić information content (AvgIpc) is 3.02. The van der Waals surface area contributed by atoms with Crippen LogP contribution in [0.2, 0.25) is 0 Å². The van der Waals surface area contributed by atoms with Crippen molar-refractivity contribution in [2.45, 2.75) is 25.6 Å². The summed E-state index contributed by atoms with van der Waals surface area (Å²) in [6.07, 6.45) is 10.9. The fourth-order valence-electron chi connectivity index (χ4n) is 3.69. The first-order valence-electron chi connectivity index (χ1n) is 7.10. The van der Waals surface area contributed by atoms with E-state index in [1.807, 2.05) is 6.08 Å². The lowest BCUT2D eigenvalue weighted by molar-refractivity contribution is 0.497. The van der Waals surface area contributed by atoms with E-state index in [0.29, 0.717) is 11.3 Å². The number of nitrogens with zero attached hydrogens (tertiary/aromatic N) is 2. The third kappa shape index (κ3) is 1.37. The summed E-state index contributed by atoms with van der Waals surface area (Å²) in [6.45, 7) is 4.17. The van der Waals surface area contributed by atoms with Gasteiger partial charge in [-0.25, -0.2) is 0 Å². The topological polar surface area (TPSA) is 39.5 Å². The van der Waals surface area contributed by atoms with E-state index in [0.717, 1.165) is 11.8 Å². The van der Waals surface area contributed by atoms with Crippen LogP contribution in [-0.2, 0) is 0 Å². The van der Waals surface area contributed by atoms with Crippen LogP contribution < -0.4 is 0 Å². The summed E-state index contributed by atoms with van der Waals surface area (Å²) in [5, 5.41) is 7.79. The van der Waals surface area contributed by atoms with Crippen molar-refractivity contribution in [1.29, 1.82) is 5.41 Å². The molecule has 1 aliphatic carbocycles. The SMILES string of the molecule is C/C=C1/C(/C=C\C=N)=C2C3CC3C3SN=C(/C1=C/C)N23. The van der Waals surface area contributed by atoms with Gasteiger partial charge in [0.25, 0.3) is 0 Å². The summed E-state index contributed by atoms with van der Waals surface area (Å²) in [6, 6.07) is 0. The van der Waals surface area contributed by atoms with Crippen LogP contribution in [-0.4, -0.2) is 22.3 Å². The van der Waals surface area contributed by atoms with Crippen LogP contribution in [0.5, 0.6) is 0 Å².